The highest BCUT2D eigenvalue weighted by Gasteiger charge is 2.27. The summed E-state index contributed by atoms with van der Waals surface area (Å²) in [5.41, 5.74) is 0.758. The van der Waals surface area contributed by atoms with Crippen LogP contribution < -0.4 is 4.90 Å². The van der Waals surface area contributed by atoms with Gasteiger partial charge in [0.1, 0.15) is 0 Å². The largest absolute Gasteiger partial charge is 0.278 e. The Kier molecular flexibility index (Phi) is 2.60. The van der Waals surface area contributed by atoms with E-state index in [1.807, 2.05) is 24.3 Å². The van der Waals surface area contributed by atoms with Gasteiger partial charge in [0.2, 0.25) is 5.91 Å². The van der Waals surface area contributed by atoms with Crippen molar-refractivity contribution in [3.63, 3.8) is 0 Å². The molecule has 5 heteroatoms. The Bertz CT molecular complexity index is 374. The Labute approximate surface area is 94.1 Å². The molecule has 0 saturated carbocycles. The lowest BCUT2D eigenvalue weighted by molar-refractivity contribution is -0.115. The molecule has 1 heterocycles. The second kappa shape index (κ2) is 3.74. The molecule has 1 amide bonds. The van der Waals surface area contributed by atoms with Gasteiger partial charge in [-0.3, -0.25) is 15.1 Å². The molecular weight excluding hydrogens is 264 g/mol. The number of benzene rings is 1. The minimum Gasteiger partial charge on any atom is -0.278 e. The van der Waals surface area contributed by atoms with Crippen LogP contribution in [0, 0.1) is 5.41 Å². The van der Waals surface area contributed by atoms with E-state index in [4.69, 9.17) is 5.41 Å². The molecular formula is C9H7BrN2OS. The number of amides is 1. The number of nitrogens with one attached hydrogen (secondary N) is 1. The Morgan fingerprint density at radius 3 is 2.50 bits per heavy atom. The first-order valence-electron chi connectivity index (χ1n) is 3.98. The zero-order valence-electron chi connectivity index (χ0n) is 7.16. The second-order valence-corrected chi connectivity index (χ2v) is 4.68. The summed E-state index contributed by atoms with van der Waals surface area (Å²) in [6, 6.07) is 7.36. The zero-order chi connectivity index (χ0) is 10.1. The molecule has 0 aliphatic carbocycles. The van der Waals surface area contributed by atoms with Crippen molar-refractivity contribution in [1.82, 2.24) is 0 Å². The van der Waals surface area contributed by atoms with Crippen LogP contribution in [0.15, 0.2) is 28.7 Å². The molecule has 3 nitrogen and oxygen atoms in total. The SMILES string of the molecule is N=C1SCC(=O)N1c1ccc(Br)cc1. The number of rotatable bonds is 1. The molecule has 0 aromatic heterocycles. The van der Waals surface area contributed by atoms with Crippen molar-refractivity contribution in [1.29, 1.82) is 5.41 Å². The lowest BCUT2D eigenvalue weighted by Crippen LogP contribution is -2.28. The molecule has 14 heavy (non-hydrogen) atoms. The van der Waals surface area contributed by atoms with Crippen LogP contribution in [0.3, 0.4) is 0 Å². The Hall–Kier alpha value is -0.810. The van der Waals surface area contributed by atoms with E-state index in [1.54, 1.807) is 0 Å². The fourth-order valence-corrected chi connectivity index (χ4v) is 2.21. The van der Waals surface area contributed by atoms with E-state index in [9.17, 15) is 4.79 Å². The summed E-state index contributed by atoms with van der Waals surface area (Å²) in [6.45, 7) is 0. The smallest absolute Gasteiger partial charge is 0.243 e. The summed E-state index contributed by atoms with van der Waals surface area (Å²) in [4.78, 5) is 12.9. The molecule has 1 aromatic carbocycles. The highest BCUT2D eigenvalue weighted by molar-refractivity contribution is 9.10. The average Bonchev–Trinajstić information content (AvgIpc) is 2.49. The van der Waals surface area contributed by atoms with Crippen LogP contribution in [0.2, 0.25) is 0 Å². The Morgan fingerprint density at radius 1 is 1.36 bits per heavy atom. The van der Waals surface area contributed by atoms with Crippen LogP contribution >= 0.6 is 27.7 Å². The first-order chi connectivity index (χ1) is 6.68. The minimum atomic E-state index is -0.0256. The summed E-state index contributed by atoms with van der Waals surface area (Å²) in [5, 5.41) is 7.89. The molecule has 0 unspecified atom stereocenters. The number of hydrogen-bond acceptors (Lipinski definition) is 3. The number of hydrogen-bond donors (Lipinski definition) is 1. The second-order valence-electron chi connectivity index (χ2n) is 2.80. The Balaban J connectivity index is 2.34. The van der Waals surface area contributed by atoms with Crippen molar-refractivity contribution in [3.05, 3.63) is 28.7 Å². The fraction of sp³-hybridized carbons (Fsp3) is 0.111. The molecule has 1 aromatic rings. The predicted octanol–water partition coefficient (Wildman–Crippen LogP) is 2.46. The molecule has 2 rings (SSSR count). The molecule has 1 aliphatic rings. The van der Waals surface area contributed by atoms with Gasteiger partial charge in [-0.15, -0.1) is 0 Å². The van der Waals surface area contributed by atoms with Crippen LogP contribution in [0.25, 0.3) is 0 Å². The lowest BCUT2D eigenvalue weighted by atomic mass is 10.3. The van der Waals surface area contributed by atoms with Gasteiger partial charge >= 0.3 is 0 Å². The van der Waals surface area contributed by atoms with Crippen molar-refractivity contribution < 1.29 is 4.79 Å². The van der Waals surface area contributed by atoms with Gasteiger partial charge in [-0.25, -0.2) is 0 Å². The standard InChI is InChI=1S/C9H7BrN2OS/c10-6-1-3-7(4-2-6)12-8(13)5-14-9(12)11/h1-4,11H,5H2. The van der Waals surface area contributed by atoms with Crippen LogP contribution in [0.4, 0.5) is 5.69 Å². The van der Waals surface area contributed by atoms with E-state index in [0.29, 0.717) is 10.9 Å². The molecule has 1 saturated heterocycles. The number of carbonyl (C=O) groups is 1. The predicted molar refractivity (Wildman–Crippen MR) is 61.8 cm³/mol. The monoisotopic (exact) mass is 270 g/mol. The third kappa shape index (κ3) is 1.69. The van der Waals surface area contributed by atoms with Gasteiger partial charge < -0.3 is 0 Å². The molecule has 72 valence electrons. The van der Waals surface area contributed by atoms with Crippen LogP contribution in [-0.2, 0) is 4.79 Å². The van der Waals surface area contributed by atoms with Crippen molar-refractivity contribution in [2.45, 2.75) is 0 Å². The van der Waals surface area contributed by atoms with E-state index >= 15 is 0 Å². The van der Waals surface area contributed by atoms with E-state index in [0.717, 1.165) is 10.2 Å². The Morgan fingerprint density at radius 2 is 2.00 bits per heavy atom. The van der Waals surface area contributed by atoms with E-state index in [1.165, 1.54) is 16.7 Å². The molecule has 1 N–H and O–H groups in total. The quantitative estimate of drug-likeness (QED) is 0.852. The number of amidine groups is 1. The van der Waals surface area contributed by atoms with Crippen molar-refractivity contribution >= 4 is 44.5 Å². The zero-order valence-corrected chi connectivity index (χ0v) is 9.56. The van der Waals surface area contributed by atoms with Gasteiger partial charge in [-0.05, 0) is 24.3 Å². The molecule has 0 radical (unpaired) electrons. The summed E-state index contributed by atoms with van der Waals surface area (Å²) in [5.74, 6) is 0.344. The molecule has 0 spiro atoms. The topological polar surface area (TPSA) is 44.2 Å². The van der Waals surface area contributed by atoms with Gasteiger partial charge in [0, 0.05) is 4.47 Å². The highest BCUT2D eigenvalue weighted by Crippen LogP contribution is 2.26. The maximum absolute atomic E-state index is 11.4. The number of carbonyl (C=O) groups excluding carboxylic acids is 1. The third-order valence-electron chi connectivity index (χ3n) is 1.87. The summed E-state index contributed by atoms with van der Waals surface area (Å²) in [7, 11) is 0. The first kappa shape index (κ1) is 9.73. The summed E-state index contributed by atoms with van der Waals surface area (Å²) >= 11 is 4.58. The minimum absolute atomic E-state index is 0.0256. The number of anilines is 1. The van der Waals surface area contributed by atoms with Crippen molar-refractivity contribution in [2.24, 2.45) is 0 Å². The highest BCUT2D eigenvalue weighted by atomic mass is 79.9. The van der Waals surface area contributed by atoms with Gasteiger partial charge in [-0.2, -0.15) is 0 Å². The molecule has 0 bridgehead atoms. The first-order valence-corrected chi connectivity index (χ1v) is 5.76. The third-order valence-corrected chi connectivity index (χ3v) is 3.25. The van der Waals surface area contributed by atoms with Crippen LogP contribution in [-0.4, -0.2) is 16.8 Å². The number of halogens is 1. The van der Waals surface area contributed by atoms with Gasteiger partial charge in [0.15, 0.2) is 5.17 Å². The summed E-state index contributed by atoms with van der Waals surface area (Å²) in [6.07, 6.45) is 0. The van der Waals surface area contributed by atoms with Gasteiger partial charge in [0.05, 0.1) is 11.4 Å². The van der Waals surface area contributed by atoms with E-state index in [-0.39, 0.29) is 5.91 Å². The maximum Gasteiger partial charge on any atom is 0.243 e. The van der Waals surface area contributed by atoms with E-state index in [2.05, 4.69) is 15.9 Å². The van der Waals surface area contributed by atoms with Crippen LogP contribution in [0.5, 0.6) is 0 Å². The van der Waals surface area contributed by atoms with Gasteiger partial charge in [-0.1, -0.05) is 27.7 Å². The normalized spacial score (nSPS) is 16.5. The summed E-state index contributed by atoms with van der Waals surface area (Å²) < 4.78 is 0.965. The lowest BCUT2D eigenvalue weighted by Gasteiger charge is -2.14. The van der Waals surface area contributed by atoms with E-state index < -0.39 is 0 Å². The molecule has 0 atom stereocenters. The average molecular weight is 271 g/mol. The van der Waals surface area contributed by atoms with Crippen molar-refractivity contribution in [3.8, 4) is 0 Å². The van der Waals surface area contributed by atoms with Crippen molar-refractivity contribution in [2.75, 3.05) is 10.7 Å². The fourth-order valence-electron chi connectivity index (χ4n) is 1.22. The number of thioether (sulfide) groups is 1. The maximum atomic E-state index is 11.4. The van der Waals surface area contributed by atoms with Crippen LogP contribution in [0.1, 0.15) is 0 Å². The molecule has 1 fully saturated rings. The van der Waals surface area contributed by atoms with Gasteiger partial charge in [0.25, 0.3) is 0 Å². The number of nitrogens with zero attached hydrogens (tertiary/aromatic N) is 1. The molecule has 1 aliphatic heterocycles.